The molecule has 3 heterocycles. The highest BCUT2D eigenvalue weighted by Gasteiger charge is 2.28. The molecular weight excluding hydrogens is 456 g/mol. The summed E-state index contributed by atoms with van der Waals surface area (Å²) in [6, 6.07) is 4.35. The number of nitrogen functional groups attached to an aromatic ring is 1. The summed E-state index contributed by atoms with van der Waals surface area (Å²) in [7, 11) is 0. The van der Waals surface area contributed by atoms with Crippen LogP contribution in [0.25, 0.3) is 16.6 Å². The quantitative estimate of drug-likeness (QED) is 0.420. The van der Waals surface area contributed by atoms with Crippen LogP contribution in [0.3, 0.4) is 0 Å². The van der Waals surface area contributed by atoms with Crippen molar-refractivity contribution < 1.29 is 9.13 Å². The van der Waals surface area contributed by atoms with Crippen molar-refractivity contribution in [3.63, 3.8) is 0 Å². The fourth-order valence-corrected chi connectivity index (χ4v) is 4.11. The van der Waals surface area contributed by atoms with Crippen molar-refractivity contribution in [2.24, 2.45) is 0 Å². The predicted molar refractivity (Wildman–Crippen MR) is 123 cm³/mol. The molecule has 0 amide bonds. The molecular formula is C22H20Cl2FN5O2. The predicted octanol–water partition coefficient (Wildman–Crippen LogP) is 5.05. The van der Waals surface area contributed by atoms with Crippen LogP contribution in [-0.4, -0.2) is 25.5 Å². The topological polar surface area (TPSA) is 98.3 Å². The number of ether oxygens (including phenoxy) is 1. The number of anilines is 1. The lowest BCUT2D eigenvalue weighted by atomic mass is 9.93. The molecule has 0 saturated carbocycles. The summed E-state index contributed by atoms with van der Waals surface area (Å²) >= 11 is 12.6. The van der Waals surface area contributed by atoms with Crippen LogP contribution >= 0.6 is 23.2 Å². The Bertz CT molecular complexity index is 1360. The van der Waals surface area contributed by atoms with Crippen LogP contribution in [0.4, 0.5) is 10.2 Å². The first-order chi connectivity index (χ1) is 15.2. The van der Waals surface area contributed by atoms with Gasteiger partial charge in [0.15, 0.2) is 16.8 Å². The zero-order valence-electron chi connectivity index (χ0n) is 17.5. The van der Waals surface area contributed by atoms with Gasteiger partial charge in [-0.2, -0.15) is 0 Å². The number of aromatic nitrogens is 4. The highest BCUT2D eigenvalue weighted by atomic mass is 35.5. The van der Waals surface area contributed by atoms with Crippen molar-refractivity contribution >= 4 is 34.5 Å². The zero-order valence-corrected chi connectivity index (χ0v) is 19.0. The maximum Gasteiger partial charge on any atom is 0.247 e. The molecule has 0 aliphatic rings. The minimum atomic E-state index is -0.648. The third-order valence-corrected chi connectivity index (χ3v) is 5.59. The van der Waals surface area contributed by atoms with Gasteiger partial charge in [-0.1, -0.05) is 30.1 Å². The second-order valence-electron chi connectivity index (χ2n) is 7.59. The van der Waals surface area contributed by atoms with Crippen LogP contribution in [-0.2, 0) is 0 Å². The number of fused-ring (bicyclic) bond motifs is 1. The van der Waals surface area contributed by atoms with E-state index in [1.807, 2.05) is 20.8 Å². The smallest absolute Gasteiger partial charge is 0.247 e. The van der Waals surface area contributed by atoms with Crippen molar-refractivity contribution in [3.05, 3.63) is 74.5 Å². The van der Waals surface area contributed by atoms with Gasteiger partial charge in [-0.3, -0.25) is 9.20 Å². The normalized spacial score (nSPS) is 12.5. The standard InChI is InChI=1S/C22H20Cl2FN5O2/c1-10(2)32-19-13(8-14(23)17(25)16(19)12-4-5-15(31)28-9-12)11(3)22-29-20(24)18-21(26)27-6-7-30(18)22/h4-11H,1-3H3,(H2,26,27)(H,28,31)/t11-/m1/s1. The summed E-state index contributed by atoms with van der Waals surface area (Å²) in [5, 5.41) is 0.120. The number of nitrogens with two attached hydrogens (primary N) is 1. The van der Waals surface area contributed by atoms with E-state index in [0.717, 1.165) is 0 Å². The van der Waals surface area contributed by atoms with Crippen molar-refractivity contribution in [2.75, 3.05) is 5.73 Å². The van der Waals surface area contributed by atoms with Gasteiger partial charge in [0.05, 0.1) is 16.7 Å². The average molecular weight is 476 g/mol. The van der Waals surface area contributed by atoms with Gasteiger partial charge >= 0.3 is 0 Å². The number of rotatable bonds is 5. The van der Waals surface area contributed by atoms with E-state index in [0.29, 0.717) is 28.2 Å². The lowest BCUT2D eigenvalue weighted by Gasteiger charge is -2.23. The summed E-state index contributed by atoms with van der Waals surface area (Å²) < 4.78 is 23.1. The fraction of sp³-hybridized carbons (Fsp3) is 0.227. The van der Waals surface area contributed by atoms with E-state index in [-0.39, 0.29) is 33.2 Å². The van der Waals surface area contributed by atoms with Crippen molar-refractivity contribution in [1.82, 2.24) is 19.4 Å². The molecule has 4 aromatic rings. The number of aromatic amines is 1. The second kappa shape index (κ2) is 8.44. The molecule has 1 aromatic carbocycles. The molecule has 7 nitrogen and oxygen atoms in total. The highest BCUT2D eigenvalue weighted by molar-refractivity contribution is 6.33. The van der Waals surface area contributed by atoms with Crippen LogP contribution in [0.2, 0.25) is 10.2 Å². The molecule has 0 radical (unpaired) electrons. The Morgan fingerprint density at radius 2 is 2.00 bits per heavy atom. The molecule has 3 aromatic heterocycles. The van der Waals surface area contributed by atoms with Gasteiger partial charge < -0.3 is 15.5 Å². The van der Waals surface area contributed by atoms with Gasteiger partial charge in [-0.05, 0) is 26.0 Å². The molecule has 0 unspecified atom stereocenters. The van der Waals surface area contributed by atoms with Gasteiger partial charge in [-0.15, -0.1) is 0 Å². The fourth-order valence-electron chi connectivity index (χ4n) is 3.62. The number of H-pyrrole nitrogens is 1. The Balaban J connectivity index is 1.99. The number of hydrogen-bond acceptors (Lipinski definition) is 5. The minimum Gasteiger partial charge on any atom is -0.490 e. The van der Waals surface area contributed by atoms with Crippen molar-refractivity contribution in [3.8, 4) is 16.9 Å². The Kier molecular flexibility index (Phi) is 5.83. The number of nitrogens with zero attached hydrogens (tertiary/aromatic N) is 3. The zero-order chi connectivity index (χ0) is 23.2. The molecule has 3 N–H and O–H groups in total. The Labute approximate surface area is 193 Å². The lowest BCUT2D eigenvalue weighted by Crippen LogP contribution is -2.13. The maximum atomic E-state index is 15.3. The summed E-state index contributed by atoms with van der Waals surface area (Å²) in [6.07, 6.45) is 4.41. The molecule has 0 aliphatic carbocycles. The molecule has 4 rings (SSSR count). The van der Waals surface area contributed by atoms with Crippen LogP contribution in [0.5, 0.6) is 5.75 Å². The number of halogens is 3. The number of pyridine rings is 1. The number of hydrogen-bond donors (Lipinski definition) is 2. The molecule has 1 atom stereocenters. The van der Waals surface area contributed by atoms with Gasteiger partial charge in [0.2, 0.25) is 5.56 Å². The van der Waals surface area contributed by atoms with Crippen LogP contribution in [0.15, 0.2) is 41.6 Å². The number of imidazole rings is 1. The monoisotopic (exact) mass is 475 g/mol. The minimum absolute atomic E-state index is 0.0858. The highest BCUT2D eigenvalue weighted by Crippen LogP contribution is 2.44. The second-order valence-corrected chi connectivity index (χ2v) is 8.35. The van der Waals surface area contributed by atoms with E-state index in [1.54, 1.807) is 16.8 Å². The molecule has 0 saturated heterocycles. The van der Waals surface area contributed by atoms with Crippen LogP contribution < -0.4 is 16.0 Å². The Morgan fingerprint density at radius 3 is 2.66 bits per heavy atom. The number of benzene rings is 1. The van der Waals surface area contributed by atoms with E-state index in [4.69, 9.17) is 33.7 Å². The first-order valence-electron chi connectivity index (χ1n) is 9.84. The molecule has 0 fully saturated rings. The van der Waals surface area contributed by atoms with Gasteiger partial charge in [0.1, 0.15) is 17.1 Å². The largest absolute Gasteiger partial charge is 0.490 e. The average Bonchev–Trinajstić information content (AvgIpc) is 3.09. The van der Waals surface area contributed by atoms with E-state index in [2.05, 4.69) is 15.0 Å². The summed E-state index contributed by atoms with van der Waals surface area (Å²) in [6.45, 7) is 5.56. The van der Waals surface area contributed by atoms with Crippen molar-refractivity contribution in [1.29, 1.82) is 0 Å². The summed E-state index contributed by atoms with van der Waals surface area (Å²) in [5.41, 5.74) is 7.34. The Morgan fingerprint density at radius 1 is 1.25 bits per heavy atom. The van der Waals surface area contributed by atoms with E-state index >= 15 is 4.39 Å². The maximum absolute atomic E-state index is 15.3. The van der Waals surface area contributed by atoms with E-state index < -0.39 is 11.7 Å². The molecule has 0 aliphatic heterocycles. The third-order valence-electron chi connectivity index (χ3n) is 5.05. The molecule has 0 bridgehead atoms. The van der Waals surface area contributed by atoms with Crippen molar-refractivity contribution in [2.45, 2.75) is 32.8 Å². The molecule has 32 heavy (non-hydrogen) atoms. The number of nitrogens with one attached hydrogen (secondary N) is 1. The summed E-state index contributed by atoms with van der Waals surface area (Å²) in [4.78, 5) is 22.6. The Hall–Kier alpha value is -3.10. The molecule has 166 valence electrons. The third kappa shape index (κ3) is 3.80. The SMILES string of the molecule is CC(C)Oc1c([C@@H](C)c2nc(Cl)c3c(N)nccn23)cc(Cl)c(F)c1-c1ccc(=O)[nH]c1. The van der Waals surface area contributed by atoms with Crippen LogP contribution in [0.1, 0.15) is 38.1 Å². The van der Waals surface area contributed by atoms with E-state index in [9.17, 15) is 4.79 Å². The van der Waals surface area contributed by atoms with Crippen LogP contribution in [0, 0.1) is 5.82 Å². The molecule has 10 heteroatoms. The lowest BCUT2D eigenvalue weighted by molar-refractivity contribution is 0.239. The molecule has 0 spiro atoms. The summed E-state index contributed by atoms with van der Waals surface area (Å²) in [5.74, 6) is 0.0438. The van der Waals surface area contributed by atoms with Gasteiger partial charge in [0.25, 0.3) is 0 Å². The van der Waals surface area contributed by atoms with Gasteiger partial charge in [-0.25, -0.2) is 14.4 Å². The first kappa shape index (κ1) is 22.1. The van der Waals surface area contributed by atoms with Gasteiger partial charge in [0, 0.05) is 41.7 Å². The van der Waals surface area contributed by atoms with E-state index in [1.165, 1.54) is 24.4 Å². The first-order valence-corrected chi connectivity index (χ1v) is 10.6.